The van der Waals surface area contributed by atoms with Crippen molar-refractivity contribution < 1.29 is 9.84 Å². The predicted molar refractivity (Wildman–Crippen MR) is 63.4 cm³/mol. The Balaban J connectivity index is 1.96. The molecule has 1 atom stereocenters. The first-order chi connectivity index (χ1) is 7.77. The Morgan fingerprint density at radius 3 is 2.69 bits per heavy atom. The molecule has 1 aromatic rings. The zero-order chi connectivity index (χ0) is 11.4. The van der Waals surface area contributed by atoms with Crippen LogP contribution in [0.15, 0.2) is 24.3 Å². The number of aliphatic hydroxyl groups excluding tert-OH is 1. The van der Waals surface area contributed by atoms with E-state index in [0.29, 0.717) is 6.54 Å². The number of rotatable bonds is 3. The van der Waals surface area contributed by atoms with Crippen LogP contribution >= 0.6 is 0 Å². The van der Waals surface area contributed by atoms with E-state index in [1.165, 1.54) is 0 Å². The highest BCUT2D eigenvalue weighted by Gasteiger charge is 2.16. The van der Waals surface area contributed by atoms with Gasteiger partial charge in [0, 0.05) is 19.6 Å². The molecule has 1 fully saturated rings. The van der Waals surface area contributed by atoms with Crippen molar-refractivity contribution in [2.75, 3.05) is 32.8 Å². The van der Waals surface area contributed by atoms with Gasteiger partial charge in [-0.05, 0) is 18.1 Å². The van der Waals surface area contributed by atoms with Crippen molar-refractivity contribution >= 4 is 0 Å². The summed E-state index contributed by atoms with van der Waals surface area (Å²) in [6.07, 6.45) is -0.390. The normalized spacial score (nSPS) is 19.6. The van der Waals surface area contributed by atoms with Crippen molar-refractivity contribution in [3.05, 3.63) is 35.4 Å². The molecule has 0 bridgehead atoms. The highest BCUT2D eigenvalue weighted by Crippen LogP contribution is 2.18. The van der Waals surface area contributed by atoms with Gasteiger partial charge in [-0.3, -0.25) is 4.90 Å². The van der Waals surface area contributed by atoms with Crippen molar-refractivity contribution in [1.82, 2.24) is 4.90 Å². The maximum atomic E-state index is 10.2. The fraction of sp³-hybridized carbons (Fsp3) is 0.538. The largest absolute Gasteiger partial charge is 0.387 e. The first-order valence-corrected chi connectivity index (χ1v) is 5.81. The zero-order valence-electron chi connectivity index (χ0n) is 9.72. The fourth-order valence-electron chi connectivity index (χ4n) is 2.09. The molecule has 2 rings (SSSR count). The van der Waals surface area contributed by atoms with Crippen LogP contribution in [-0.2, 0) is 4.74 Å². The molecule has 1 aliphatic rings. The molecule has 0 radical (unpaired) electrons. The Labute approximate surface area is 96.6 Å². The van der Waals surface area contributed by atoms with E-state index in [1.54, 1.807) is 0 Å². The molecule has 88 valence electrons. The quantitative estimate of drug-likeness (QED) is 0.836. The number of benzene rings is 1. The minimum absolute atomic E-state index is 0.390. The fourth-order valence-corrected chi connectivity index (χ4v) is 2.09. The maximum Gasteiger partial charge on any atom is 0.0919 e. The predicted octanol–water partition coefficient (Wildman–Crippen LogP) is 1.36. The van der Waals surface area contributed by atoms with Crippen molar-refractivity contribution in [3.8, 4) is 0 Å². The third kappa shape index (κ3) is 2.82. The summed E-state index contributed by atoms with van der Waals surface area (Å²) in [5.74, 6) is 0. The van der Waals surface area contributed by atoms with Crippen molar-refractivity contribution in [1.29, 1.82) is 0 Å². The summed E-state index contributed by atoms with van der Waals surface area (Å²) in [4.78, 5) is 2.25. The van der Waals surface area contributed by atoms with E-state index in [9.17, 15) is 5.11 Å². The number of β-amino-alcohol motifs (C(OH)–C–C–N with tert-alkyl or cyclic N) is 1. The summed E-state index contributed by atoms with van der Waals surface area (Å²) >= 11 is 0. The molecule has 0 saturated carbocycles. The van der Waals surface area contributed by atoms with Crippen LogP contribution in [0.4, 0.5) is 0 Å². The zero-order valence-corrected chi connectivity index (χ0v) is 9.72. The second kappa shape index (κ2) is 5.43. The molecular formula is C13H19NO2. The van der Waals surface area contributed by atoms with E-state index < -0.39 is 0 Å². The van der Waals surface area contributed by atoms with E-state index in [0.717, 1.165) is 37.4 Å². The van der Waals surface area contributed by atoms with E-state index >= 15 is 0 Å². The lowest BCUT2D eigenvalue weighted by molar-refractivity contribution is 0.0142. The molecule has 0 aliphatic carbocycles. The molecular weight excluding hydrogens is 202 g/mol. The van der Waals surface area contributed by atoms with Crippen LogP contribution in [0.2, 0.25) is 0 Å². The van der Waals surface area contributed by atoms with Crippen molar-refractivity contribution in [3.63, 3.8) is 0 Å². The summed E-state index contributed by atoms with van der Waals surface area (Å²) < 4.78 is 5.29. The lowest BCUT2D eigenvalue weighted by atomic mass is 10.0. The number of hydrogen-bond donors (Lipinski definition) is 1. The average molecular weight is 221 g/mol. The van der Waals surface area contributed by atoms with Gasteiger partial charge in [-0.1, -0.05) is 24.3 Å². The number of nitrogens with zero attached hydrogens (tertiary/aromatic N) is 1. The van der Waals surface area contributed by atoms with E-state index in [4.69, 9.17) is 4.74 Å². The van der Waals surface area contributed by atoms with Crippen LogP contribution in [-0.4, -0.2) is 42.9 Å². The van der Waals surface area contributed by atoms with Gasteiger partial charge in [-0.25, -0.2) is 0 Å². The first kappa shape index (κ1) is 11.6. The van der Waals surface area contributed by atoms with Gasteiger partial charge in [0.25, 0.3) is 0 Å². The first-order valence-electron chi connectivity index (χ1n) is 5.81. The average Bonchev–Trinajstić information content (AvgIpc) is 2.31. The second-order valence-electron chi connectivity index (χ2n) is 4.29. The molecule has 3 heteroatoms. The highest BCUT2D eigenvalue weighted by molar-refractivity contribution is 5.27. The van der Waals surface area contributed by atoms with Crippen LogP contribution < -0.4 is 0 Å². The highest BCUT2D eigenvalue weighted by atomic mass is 16.5. The molecule has 0 amide bonds. The Hall–Kier alpha value is -0.900. The summed E-state index contributed by atoms with van der Waals surface area (Å²) in [5.41, 5.74) is 2.19. The third-order valence-corrected chi connectivity index (χ3v) is 3.08. The minimum Gasteiger partial charge on any atom is -0.387 e. The van der Waals surface area contributed by atoms with Crippen LogP contribution in [0.5, 0.6) is 0 Å². The Morgan fingerprint density at radius 1 is 1.31 bits per heavy atom. The molecule has 1 aliphatic heterocycles. The van der Waals surface area contributed by atoms with Gasteiger partial charge in [0.15, 0.2) is 0 Å². The number of morpholine rings is 1. The van der Waals surface area contributed by atoms with E-state index in [1.807, 2.05) is 31.2 Å². The molecule has 1 N–H and O–H groups in total. The van der Waals surface area contributed by atoms with E-state index in [-0.39, 0.29) is 6.10 Å². The Kier molecular flexibility index (Phi) is 3.93. The molecule has 1 aromatic carbocycles. The number of ether oxygens (including phenoxy) is 1. The number of aliphatic hydroxyl groups is 1. The molecule has 16 heavy (non-hydrogen) atoms. The third-order valence-electron chi connectivity index (χ3n) is 3.08. The molecule has 0 aromatic heterocycles. The standard InChI is InChI=1S/C13H19NO2/c1-11-4-2-3-5-12(11)13(15)10-14-6-8-16-9-7-14/h2-5,13,15H,6-10H2,1H3. The van der Waals surface area contributed by atoms with Crippen LogP contribution in [0, 0.1) is 6.92 Å². The number of aryl methyl sites for hydroxylation is 1. The van der Waals surface area contributed by atoms with Crippen molar-refractivity contribution in [2.24, 2.45) is 0 Å². The molecule has 1 saturated heterocycles. The van der Waals surface area contributed by atoms with Gasteiger partial charge in [0.05, 0.1) is 19.3 Å². The van der Waals surface area contributed by atoms with E-state index in [2.05, 4.69) is 4.90 Å². The second-order valence-corrected chi connectivity index (χ2v) is 4.29. The Morgan fingerprint density at radius 2 is 2.00 bits per heavy atom. The molecule has 1 heterocycles. The molecule has 3 nitrogen and oxygen atoms in total. The topological polar surface area (TPSA) is 32.7 Å². The lowest BCUT2D eigenvalue weighted by Gasteiger charge is -2.29. The number of hydrogen-bond acceptors (Lipinski definition) is 3. The van der Waals surface area contributed by atoms with Gasteiger partial charge in [-0.15, -0.1) is 0 Å². The summed E-state index contributed by atoms with van der Waals surface area (Å²) in [6, 6.07) is 8.02. The van der Waals surface area contributed by atoms with Crippen LogP contribution in [0.3, 0.4) is 0 Å². The van der Waals surface area contributed by atoms with Crippen molar-refractivity contribution in [2.45, 2.75) is 13.0 Å². The van der Waals surface area contributed by atoms with Crippen LogP contribution in [0.25, 0.3) is 0 Å². The van der Waals surface area contributed by atoms with Gasteiger partial charge in [-0.2, -0.15) is 0 Å². The summed E-state index contributed by atoms with van der Waals surface area (Å²) in [6.45, 7) is 6.14. The van der Waals surface area contributed by atoms with Gasteiger partial charge in [0.1, 0.15) is 0 Å². The summed E-state index contributed by atoms with van der Waals surface area (Å²) in [5, 5.41) is 10.2. The van der Waals surface area contributed by atoms with Gasteiger partial charge in [0.2, 0.25) is 0 Å². The summed E-state index contributed by atoms with van der Waals surface area (Å²) in [7, 11) is 0. The molecule has 0 spiro atoms. The minimum atomic E-state index is -0.390. The van der Waals surface area contributed by atoms with Gasteiger partial charge < -0.3 is 9.84 Å². The van der Waals surface area contributed by atoms with Gasteiger partial charge >= 0.3 is 0 Å². The maximum absolute atomic E-state index is 10.2. The van der Waals surface area contributed by atoms with Crippen LogP contribution in [0.1, 0.15) is 17.2 Å². The lowest BCUT2D eigenvalue weighted by Crippen LogP contribution is -2.38. The SMILES string of the molecule is Cc1ccccc1C(O)CN1CCOCC1. The molecule has 1 unspecified atom stereocenters. The smallest absolute Gasteiger partial charge is 0.0919 e. The monoisotopic (exact) mass is 221 g/mol. The Bertz CT molecular complexity index is 334.